The number of fused-ring (bicyclic) bond motifs is 1. The van der Waals surface area contributed by atoms with Gasteiger partial charge in [0.15, 0.2) is 0 Å². The molecule has 0 saturated carbocycles. The summed E-state index contributed by atoms with van der Waals surface area (Å²) in [6.07, 6.45) is 5.07. The molecule has 1 aromatic carbocycles. The van der Waals surface area contributed by atoms with Gasteiger partial charge in [-0.05, 0) is 36.3 Å². The molecule has 0 radical (unpaired) electrons. The lowest BCUT2D eigenvalue weighted by Gasteiger charge is -2.04. The van der Waals surface area contributed by atoms with Crippen molar-refractivity contribution in [1.29, 1.82) is 0 Å². The lowest BCUT2D eigenvalue weighted by molar-refractivity contribution is -0.113. The molecule has 3 rings (SSSR count). The molecule has 2 N–H and O–H groups in total. The van der Waals surface area contributed by atoms with E-state index < -0.39 is 5.91 Å². The Labute approximate surface area is 122 Å². The molecule has 2 aromatic heterocycles. The van der Waals surface area contributed by atoms with Crippen LogP contribution in [0.3, 0.4) is 0 Å². The zero-order chi connectivity index (χ0) is 14.8. The van der Waals surface area contributed by atoms with Gasteiger partial charge in [-0.25, -0.2) is 4.98 Å². The summed E-state index contributed by atoms with van der Waals surface area (Å²) >= 11 is 0. The monoisotopic (exact) mass is 277 g/mol. The molecular weight excluding hydrogens is 262 g/mol. The lowest BCUT2D eigenvalue weighted by Crippen LogP contribution is -2.05. The maximum Gasteiger partial charge on any atom is 0.241 e. The van der Waals surface area contributed by atoms with Crippen molar-refractivity contribution in [3.05, 3.63) is 66.1 Å². The van der Waals surface area contributed by atoms with E-state index >= 15 is 0 Å². The number of aryl methyl sites for hydroxylation is 1. The van der Waals surface area contributed by atoms with E-state index in [-0.39, 0.29) is 0 Å². The Morgan fingerprint density at radius 3 is 2.62 bits per heavy atom. The molecule has 2 heterocycles. The van der Waals surface area contributed by atoms with Gasteiger partial charge in [0, 0.05) is 12.3 Å². The van der Waals surface area contributed by atoms with Gasteiger partial charge in [0.05, 0.1) is 11.4 Å². The molecule has 1 amide bonds. The third-order valence-electron chi connectivity index (χ3n) is 3.35. The Morgan fingerprint density at radius 1 is 1.14 bits per heavy atom. The molecule has 0 spiro atoms. The number of imidazole rings is 1. The minimum absolute atomic E-state index is 0.469. The van der Waals surface area contributed by atoms with E-state index in [2.05, 4.69) is 17.1 Å². The highest BCUT2D eigenvalue weighted by molar-refractivity contribution is 5.90. The molecule has 0 aliphatic heterocycles. The van der Waals surface area contributed by atoms with Crippen molar-refractivity contribution in [2.75, 3.05) is 0 Å². The predicted octanol–water partition coefficient (Wildman–Crippen LogP) is 2.81. The summed E-state index contributed by atoms with van der Waals surface area (Å²) in [6, 6.07) is 14.1. The summed E-state index contributed by atoms with van der Waals surface area (Å²) in [5.74, 6) is -0.469. The fourth-order valence-electron chi connectivity index (χ4n) is 2.34. The molecule has 21 heavy (non-hydrogen) atoms. The molecule has 0 saturated heterocycles. The highest BCUT2D eigenvalue weighted by Crippen LogP contribution is 2.22. The van der Waals surface area contributed by atoms with E-state index in [1.54, 1.807) is 6.08 Å². The average Bonchev–Trinajstić information content (AvgIpc) is 2.80. The Bertz CT molecular complexity index is 832. The lowest BCUT2D eigenvalue weighted by atomic mass is 10.1. The predicted molar refractivity (Wildman–Crippen MR) is 83.6 cm³/mol. The zero-order valence-corrected chi connectivity index (χ0v) is 11.7. The van der Waals surface area contributed by atoms with E-state index in [1.165, 1.54) is 6.08 Å². The van der Waals surface area contributed by atoms with E-state index in [9.17, 15) is 4.79 Å². The highest BCUT2D eigenvalue weighted by atomic mass is 16.1. The minimum Gasteiger partial charge on any atom is -0.366 e. The van der Waals surface area contributed by atoms with Gasteiger partial charge < -0.3 is 5.73 Å². The molecule has 0 unspecified atom stereocenters. The summed E-state index contributed by atoms with van der Waals surface area (Å²) < 4.78 is 1.97. The molecule has 3 aromatic rings. The van der Waals surface area contributed by atoms with Crippen molar-refractivity contribution < 1.29 is 4.79 Å². The van der Waals surface area contributed by atoms with Crippen LogP contribution in [-0.2, 0) is 4.79 Å². The summed E-state index contributed by atoms with van der Waals surface area (Å²) in [7, 11) is 0. The van der Waals surface area contributed by atoms with Crippen LogP contribution in [0.1, 0.15) is 11.4 Å². The number of carbonyl (C=O) groups excluding carboxylic acids is 1. The fourth-order valence-corrected chi connectivity index (χ4v) is 2.34. The number of benzene rings is 1. The molecule has 4 nitrogen and oxygen atoms in total. The van der Waals surface area contributed by atoms with Crippen LogP contribution in [0.4, 0.5) is 0 Å². The van der Waals surface area contributed by atoms with E-state index in [0.29, 0.717) is 0 Å². The number of hydrogen-bond donors (Lipinski definition) is 1. The summed E-state index contributed by atoms with van der Waals surface area (Å²) in [5.41, 5.74) is 9.96. The Balaban J connectivity index is 2.16. The third-order valence-corrected chi connectivity index (χ3v) is 3.35. The van der Waals surface area contributed by atoms with E-state index in [1.807, 2.05) is 47.9 Å². The first-order valence-corrected chi connectivity index (χ1v) is 6.67. The van der Waals surface area contributed by atoms with Crippen molar-refractivity contribution in [2.45, 2.75) is 6.92 Å². The topological polar surface area (TPSA) is 60.4 Å². The van der Waals surface area contributed by atoms with Gasteiger partial charge in [-0.1, -0.05) is 30.3 Å². The van der Waals surface area contributed by atoms with Gasteiger partial charge in [-0.15, -0.1) is 0 Å². The van der Waals surface area contributed by atoms with Crippen LogP contribution < -0.4 is 5.73 Å². The second kappa shape index (κ2) is 5.25. The number of hydrogen-bond acceptors (Lipinski definition) is 2. The van der Waals surface area contributed by atoms with Crippen molar-refractivity contribution in [1.82, 2.24) is 9.38 Å². The molecule has 104 valence electrons. The van der Waals surface area contributed by atoms with Crippen LogP contribution in [-0.4, -0.2) is 15.3 Å². The molecule has 0 aliphatic rings. The molecular formula is C17H15N3O. The van der Waals surface area contributed by atoms with Crippen molar-refractivity contribution in [3.8, 4) is 11.1 Å². The fraction of sp³-hybridized carbons (Fsp3) is 0.0588. The quantitative estimate of drug-likeness (QED) is 0.748. The van der Waals surface area contributed by atoms with Crippen LogP contribution in [0.5, 0.6) is 0 Å². The number of carbonyl (C=O) groups is 1. The first-order chi connectivity index (χ1) is 10.1. The van der Waals surface area contributed by atoms with Crippen molar-refractivity contribution in [3.63, 3.8) is 0 Å². The normalized spacial score (nSPS) is 11.3. The largest absolute Gasteiger partial charge is 0.366 e. The number of nitrogens with two attached hydrogens (primary N) is 1. The van der Waals surface area contributed by atoms with Gasteiger partial charge >= 0.3 is 0 Å². The van der Waals surface area contributed by atoms with Crippen LogP contribution in [0.15, 0.2) is 54.7 Å². The van der Waals surface area contributed by atoms with Gasteiger partial charge in [0.1, 0.15) is 5.65 Å². The maximum absolute atomic E-state index is 10.9. The minimum atomic E-state index is -0.469. The number of amides is 1. The van der Waals surface area contributed by atoms with E-state index in [4.69, 9.17) is 5.73 Å². The number of aromatic nitrogens is 2. The van der Waals surface area contributed by atoms with Crippen molar-refractivity contribution >= 4 is 17.6 Å². The second-order valence-electron chi connectivity index (χ2n) is 4.83. The zero-order valence-electron chi connectivity index (χ0n) is 11.7. The van der Waals surface area contributed by atoms with Crippen LogP contribution in [0.2, 0.25) is 0 Å². The summed E-state index contributed by atoms with van der Waals surface area (Å²) in [6.45, 7) is 1.91. The average molecular weight is 277 g/mol. The number of primary amides is 1. The molecule has 0 aliphatic carbocycles. The van der Waals surface area contributed by atoms with E-state index in [0.717, 1.165) is 28.2 Å². The number of rotatable bonds is 3. The first kappa shape index (κ1) is 13.1. The Kier molecular flexibility index (Phi) is 3.28. The maximum atomic E-state index is 10.9. The number of nitrogens with zero attached hydrogens (tertiary/aromatic N) is 2. The van der Waals surface area contributed by atoms with Gasteiger partial charge in [-0.2, -0.15) is 0 Å². The second-order valence-corrected chi connectivity index (χ2v) is 4.83. The van der Waals surface area contributed by atoms with Crippen molar-refractivity contribution in [2.24, 2.45) is 5.73 Å². The summed E-state index contributed by atoms with van der Waals surface area (Å²) in [4.78, 5) is 15.4. The number of pyridine rings is 1. The third kappa shape index (κ3) is 2.56. The van der Waals surface area contributed by atoms with Gasteiger partial charge in [0.25, 0.3) is 0 Å². The van der Waals surface area contributed by atoms with Crippen LogP contribution in [0.25, 0.3) is 22.9 Å². The van der Waals surface area contributed by atoms with Gasteiger partial charge in [-0.3, -0.25) is 9.20 Å². The SMILES string of the molecule is Cc1nc2ccc(-c3ccccc3)cn2c1C=CC(N)=O. The molecule has 4 heteroatoms. The molecule has 0 bridgehead atoms. The van der Waals surface area contributed by atoms with Crippen LogP contribution in [0, 0.1) is 6.92 Å². The molecule has 0 atom stereocenters. The Hall–Kier alpha value is -2.88. The Morgan fingerprint density at radius 2 is 1.90 bits per heavy atom. The smallest absolute Gasteiger partial charge is 0.241 e. The van der Waals surface area contributed by atoms with Gasteiger partial charge in [0.2, 0.25) is 5.91 Å². The molecule has 0 fully saturated rings. The summed E-state index contributed by atoms with van der Waals surface area (Å²) in [5, 5.41) is 0. The highest BCUT2D eigenvalue weighted by Gasteiger charge is 2.07. The standard InChI is InChI=1S/C17H15N3O/c1-12-15(8-9-16(18)21)20-11-14(7-10-17(20)19-12)13-5-3-2-4-6-13/h2-11H,1H3,(H2,18,21). The first-order valence-electron chi connectivity index (χ1n) is 6.67. The van der Waals surface area contributed by atoms with Crippen LogP contribution >= 0.6 is 0 Å².